The van der Waals surface area contributed by atoms with Gasteiger partial charge in [-0.2, -0.15) is 0 Å². The van der Waals surface area contributed by atoms with E-state index in [0.29, 0.717) is 45.3 Å². The highest BCUT2D eigenvalue weighted by molar-refractivity contribution is 7.80. The van der Waals surface area contributed by atoms with E-state index in [1.165, 1.54) is 0 Å². The second kappa shape index (κ2) is 7.50. The molecule has 2 aromatic carbocycles. The molecule has 0 saturated carbocycles. The predicted octanol–water partition coefficient (Wildman–Crippen LogP) is 4.09. The van der Waals surface area contributed by atoms with Gasteiger partial charge in [0.05, 0.1) is 15.6 Å². The van der Waals surface area contributed by atoms with Gasteiger partial charge in [0.1, 0.15) is 24.0 Å². The number of benzene rings is 2. The van der Waals surface area contributed by atoms with Gasteiger partial charge in [-0.05, 0) is 24.3 Å². The molecule has 0 amide bonds. The van der Waals surface area contributed by atoms with Crippen LogP contribution in [-0.2, 0) is 0 Å². The minimum atomic E-state index is 0.292. The number of nitrogens with two attached hydrogens (primary N) is 1. The van der Waals surface area contributed by atoms with Gasteiger partial charge in [0.25, 0.3) is 0 Å². The van der Waals surface area contributed by atoms with Gasteiger partial charge in [-0.3, -0.25) is 0 Å². The van der Waals surface area contributed by atoms with Crippen molar-refractivity contribution in [2.24, 2.45) is 5.73 Å². The van der Waals surface area contributed by atoms with Crippen LogP contribution in [0.25, 0.3) is 0 Å². The lowest BCUT2D eigenvalue weighted by atomic mass is 10.2. The average molecular weight is 342 g/mol. The quantitative estimate of drug-likeness (QED) is 0.634. The second-order valence-corrected chi connectivity index (χ2v) is 5.36. The molecule has 2 N–H and O–H groups in total. The van der Waals surface area contributed by atoms with Crippen LogP contribution >= 0.6 is 35.4 Å². The Morgan fingerprint density at radius 3 is 2.24 bits per heavy atom. The highest BCUT2D eigenvalue weighted by atomic mass is 35.5. The van der Waals surface area contributed by atoms with Gasteiger partial charge in [0.2, 0.25) is 0 Å². The van der Waals surface area contributed by atoms with Crippen LogP contribution in [0.15, 0.2) is 42.5 Å². The molecule has 2 rings (SSSR count). The average Bonchev–Trinajstić information content (AvgIpc) is 2.46. The number of halogens is 2. The molecule has 0 aliphatic heterocycles. The number of hydrogen-bond acceptors (Lipinski definition) is 3. The molecule has 0 saturated heterocycles. The minimum Gasteiger partial charge on any atom is -0.489 e. The molecule has 21 heavy (non-hydrogen) atoms. The van der Waals surface area contributed by atoms with Gasteiger partial charge < -0.3 is 15.2 Å². The van der Waals surface area contributed by atoms with Crippen molar-refractivity contribution in [1.29, 1.82) is 0 Å². The fourth-order valence-corrected chi connectivity index (χ4v) is 2.39. The number of para-hydroxylation sites is 2. The van der Waals surface area contributed by atoms with E-state index in [4.69, 9.17) is 50.6 Å². The van der Waals surface area contributed by atoms with Gasteiger partial charge in [0.15, 0.2) is 5.75 Å². The Bertz CT molecular complexity index is 629. The van der Waals surface area contributed by atoms with Gasteiger partial charge >= 0.3 is 0 Å². The maximum absolute atomic E-state index is 6.01. The van der Waals surface area contributed by atoms with Gasteiger partial charge in [-0.1, -0.05) is 53.6 Å². The lowest BCUT2D eigenvalue weighted by molar-refractivity contribution is 0.217. The second-order valence-electron chi connectivity index (χ2n) is 4.11. The van der Waals surface area contributed by atoms with Crippen LogP contribution in [0.4, 0.5) is 0 Å². The summed E-state index contributed by atoms with van der Waals surface area (Å²) in [5, 5.41) is 0.928. The number of hydrogen-bond donors (Lipinski definition) is 1. The molecule has 0 aromatic heterocycles. The van der Waals surface area contributed by atoms with Crippen LogP contribution < -0.4 is 15.2 Å². The molecule has 0 heterocycles. The summed E-state index contributed by atoms with van der Waals surface area (Å²) in [6, 6.07) is 12.5. The first-order chi connectivity index (χ1) is 10.1. The third kappa shape index (κ3) is 4.24. The predicted molar refractivity (Wildman–Crippen MR) is 89.8 cm³/mol. The molecule has 0 atom stereocenters. The highest BCUT2D eigenvalue weighted by Crippen LogP contribution is 2.32. The molecule has 0 unspecified atom stereocenters. The zero-order chi connectivity index (χ0) is 15.2. The molecular weight excluding hydrogens is 329 g/mol. The molecule has 110 valence electrons. The van der Waals surface area contributed by atoms with Gasteiger partial charge in [-0.15, -0.1) is 0 Å². The summed E-state index contributed by atoms with van der Waals surface area (Å²) in [6.45, 7) is 0.621. The first kappa shape index (κ1) is 15.9. The van der Waals surface area contributed by atoms with E-state index in [-0.39, 0.29) is 0 Å². The van der Waals surface area contributed by atoms with Crippen molar-refractivity contribution >= 4 is 40.4 Å². The Labute approximate surface area is 138 Å². The van der Waals surface area contributed by atoms with Crippen LogP contribution in [0.2, 0.25) is 10.0 Å². The molecule has 2 aromatic rings. The Balaban J connectivity index is 1.92. The van der Waals surface area contributed by atoms with Crippen molar-refractivity contribution in [3.05, 3.63) is 58.1 Å². The molecule has 0 bridgehead atoms. The summed E-state index contributed by atoms with van der Waals surface area (Å²) in [4.78, 5) is 0.292. The molecule has 3 nitrogen and oxygen atoms in total. The SMILES string of the molecule is NC(=S)c1ccccc1OCCOc1c(Cl)cccc1Cl. The van der Waals surface area contributed by atoms with Crippen molar-refractivity contribution in [3.8, 4) is 11.5 Å². The topological polar surface area (TPSA) is 44.5 Å². The standard InChI is InChI=1S/C15H13Cl2NO2S/c16-11-5-3-6-12(17)14(11)20-9-8-19-13-7-2-1-4-10(13)15(18)21/h1-7H,8-9H2,(H2,18,21). The van der Waals surface area contributed by atoms with E-state index in [9.17, 15) is 0 Å². The zero-order valence-electron chi connectivity index (χ0n) is 11.0. The molecule has 6 heteroatoms. The Morgan fingerprint density at radius 2 is 1.57 bits per heavy atom. The van der Waals surface area contributed by atoms with Crippen molar-refractivity contribution in [3.63, 3.8) is 0 Å². The van der Waals surface area contributed by atoms with E-state index in [0.717, 1.165) is 0 Å². The van der Waals surface area contributed by atoms with E-state index in [2.05, 4.69) is 0 Å². The van der Waals surface area contributed by atoms with Crippen LogP contribution in [-0.4, -0.2) is 18.2 Å². The van der Waals surface area contributed by atoms with Crippen LogP contribution in [0, 0.1) is 0 Å². The summed E-state index contributed by atoms with van der Waals surface area (Å²) in [5.41, 5.74) is 6.33. The number of rotatable bonds is 6. The van der Waals surface area contributed by atoms with Crippen LogP contribution in [0.1, 0.15) is 5.56 Å². The van der Waals surface area contributed by atoms with Crippen molar-refractivity contribution in [1.82, 2.24) is 0 Å². The lowest BCUT2D eigenvalue weighted by Gasteiger charge is -2.12. The van der Waals surface area contributed by atoms with E-state index < -0.39 is 0 Å². The van der Waals surface area contributed by atoms with E-state index in [1.807, 2.05) is 18.2 Å². The molecule has 0 spiro atoms. The Hall–Kier alpha value is -1.49. The summed E-state index contributed by atoms with van der Waals surface area (Å²) in [6.07, 6.45) is 0. The van der Waals surface area contributed by atoms with Gasteiger partial charge in [-0.25, -0.2) is 0 Å². The summed E-state index contributed by atoms with van der Waals surface area (Å²) < 4.78 is 11.2. The summed E-state index contributed by atoms with van der Waals surface area (Å²) >= 11 is 17.0. The molecule has 0 aliphatic carbocycles. The lowest BCUT2D eigenvalue weighted by Crippen LogP contribution is -2.14. The molecular formula is C15H13Cl2NO2S. The smallest absolute Gasteiger partial charge is 0.156 e. The third-order valence-electron chi connectivity index (χ3n) is 2.66. The maximum atomic E-state index is 6.01. The van der Waals surface area contributed by atoms with Crippen molar-refractivity contribution in [2.75, 3.05) is 13.2 Å². The highest BCUT2D eigenvalue weighted by Gasteiger charge is 2.08. The zero-order valence-corrected chi connectivity index (χ0v) is 13.3. The Kier molecular flexibility index (Phi) is 5.67. The normalized spacial score (nSPS) is 10.2. The van der Waals surface area contributed by atoms with Crippen LogP contribution in [0.5, 0.6) is 11.5 Å². The summed E-state index contributed by atoms with van der Waals surface area (Å²) in [7, 11) is 0. The van der Waals surface area contributed by atoms with E-state index >= 15 is 0 Å². The number of ether oxygens (including phenoxy) is 2. The van der Waals surface area contributed by atoms with E-state index in [1.54, 1.807) is 24.3 Å². The van der Waals surface area contributed by atoms with Crippen molar-refractivity contribution in [2.45, 2.75) is 0 Å². The van der Waals surface area contributed by atoms with Crippen LogP contribution in [0.3, 0.4) is 0 Å². The molecule has 0 fully saturated rings. The third-order valence-corrected chi connectivity index (χ3v) is 3.47. The largest absolute Gasteiger partial charge is 0.489 e. The minimum absolute atomic E-state index is 0.292. The fraction of sp³-hybridized carbons (Fsp3) is 0.133. The Morgan fingerprint density at radius 1 is 0.952 bits per heavy atom. The number of thiocarbonyl (C=S) groups is 1. The molecule has 0 radical (unpaired) electrons. The first-order valence-electron chi connectivity index (χ1n) is 6.18. The summed E-state index contributed by atoms with van der Waals surface area (Å²) in [5.74, 6) is 1.07. The molecule has 0 aliphatic rings. The van der Waals surface area contributed by atoms with Crippen molar-refractivity contribution < 1.29 is 9.47 Å². The fourth-order valence-electron chi connectivity index (χ4n) is 1.71. The monoisotopic (exact) mass is 341 g/mol. The van der Waals surface area contributed by atoms with Gasteiger partial charge in [0, 0.05) is 0 Å². The maximum Gasteiger partial charge on any atom is 0.156 e. The first-order valence-corrected chi connectivity index (χ1v) is 7.34.